The first-order valence-electron chi connectivity index (χ1n) is 3.59. The molecule has 6 heteroatoms. The maximum atomic E-state index is 12.0. The average molecular weight is 220 g/mol. The van der Waals surface area contributed by atoms with Crippen molar-refractivity contribution in [2.45, 2.75) is 10.4 Å². The Morgan fingerprint density at radius 2 is 2.00 bits per heavy atom. The quantitative estimate of drug-likeness (QED) is 0.457. The topological polar surface area (TPSA) is 49.9 Å². The Labute approximate surface area is 82.8 Å². The molecule has 14 heavy (non-hydrogen) atoms. The zero-order valence-electron chi connectivity index (χ0n) is 6.93. The van der Waals surface area contributed by atoms with E-state index in [-0.39, 0.29) is 22.5 Å². The third-order valence-corrected chi connectivity index (χ3v) is 2.10. The molecule has 0 aromatic heterocycles. The number of rotatable bonds is 2. The fourth-order valence-corrected chi connectivity index (χ4v) is 1.46. The first-order valence-corrected chi connectivity index (χ1v) is 4.40. The van der Waals surface area contributed by atoms with Crippen molar-refractivity contribution >= 4 is 17.6 Å². The molecular formula is C8H7F3N2S. The highest BCUT2D eigenvalue weighted by atomic mass is 32.2. The number of nitrogen functional groups attached to an aromatic ring is 1. The molecule has 0 spiro atoms. The monoisotopic (exact) mass is 220 g/mol. The zero-order valence-corrected chi connectivity index (χ0v) is 7.75. The lowest BCUT2D eigenvalue weighted by atomic mass is 10.2. The van der Waals surface area contributed by atoms with Gasteiger partial charge in [-0.3, -0.25) is 5.41 Å². The van der Waals surface area contributed by atoms with E-state index >= 15 is 0 Å². The zero-order chi connectivity index (χ0) is 10.8. The molecule has 3 N–H and O–H groups in total. The number of amidine groups is 1. The second-order valence-electron chi connectivity index (χ2n) is 2.49. The van der Waals surface area contributed by atoms with Gasteiger partial charge in [0.15, 0.2) is 0 Å². The van der Waals surface area contributed by atoms with Crippen LogP contribution in [0.4, 0.5) is 13.2 Å². The van der Waals surface area contributed by atoms with Crippen molar-refractivity contribution in [3.8, 4) is 0 Å². The molecule has 0 saturated carbocycles. The van der Waals surface area contributed by atoms with E-state index < -0.39 is 5.51 Å². The van der Waals surface area contributed by atoms with E-state index in [1.54, 1.807) is 0 Å². The van der Waals surface area contributed by atoms with Crippen molar-refractivity contribution in [3.63, 3.8) is 0 Å². The molecule has 1 aromatic carbocycles. The van der Waals surface area contributed by atoms with Crippen LogP contribution in [0.2, 0.25) is 0 Å². The number of alkyl halides is 3. The summed E-state index contributed by atoms with van der Waals surface area (Å²) in [5.74, 6) is -0.241. The van der Waals surface area contributed by atoms with Gasteiger partial charge in [-0.05, 0) is 23.9 Å². The summed E-state index contributed by atoms with van der Waals surface area (Å²) < 4.78 is 35.9. The predicted molar refractivity (Wildman–Crippen MR) is 49.4 cm³/mol. The molecule has 0 atom stereocenters. The van der Waals surface area contributed by atoms with Crippen LogP contribution in [0.3, 0.4) is 0 Å². The SMILES string of the molecule is N=C(N)c1cccc(SC(F)(F)F)c1. The molecular weight excluding hydrogens is 213 g/mol. The van der Waals surface area contributed by atoms with Crippen LogP contribution in [-0.4, -0.2) is 11.3 Å². The maximum Gasteiger partial charge on any atom is 0.446 e. The standard InChI is InChI=1S/C8H7F3N2S/c9-8(10,11)14-6-3-1-2-5(4-6)7(12)13/h1-4H,(H3,12,13). The molecule has 0 heterocycles. The number of thioether (sulfide) groups is 1. The first-order chi connectivity index (χ1) is 6.38. The number of nitrogens with one attached hydrogen (secondary N) is 1. The molecule has 0 aliphatic rings. The van der Waals surface area contributed by atoms with Crippen LogP contribution >= 0.6 is 11.8 Å². The maximum absolute atomic E-state index is 12.0. The number of halogens is 3. The summed E-state index contributed by atoms with van der Waals surface area (Å²) in [6.07, 6.45) is 0. The second kappa shape index (κ2) is 3.91. The lowest BCUT2D eigenvalue weighted by Crippen LogP contribution is -2.11. The average Bonchev–Trinajstić information content (AvgIpc) is 2.01. The summed E-state index contributed by atoms with van der Waals surface area (Å²) in [5.41, 5.74) is 1.12. The molecule has 76 valence electrons. The van der Waals surface area contributed by atoms with Gasteiger partial charge in [0.2, 0.25) is 0 Å². The van der Waals surface area contributed by atoms with Gasteiger partial charge in [0, 0.05) is 10.5 Å². The Morgan fingerprint density at radius 1 is 1.36 bits per heavy atom. The van der Waals surface area contributed by atoms with Crippen LogP contribution in [0.5, 0.6) is 0 Å². The van der Waals surface area contributed by atoms with Crippen LogP contribution in [0.25, 0.3) is 0 Å². The van der Waals surface area contributed by atoms with Crippen LogP contribution in [0.1, 0.15) is 5.56 Å². The van der Waals surface area contributed by atoms with Gasteiger partial charge in [-0.1, -0.05) is 12.1 Å². The Balaban J connectivity index is 2.89. The van der Waals surface area contributed by atoms with E-state index in [0.29, 0.717) is 5.56 Å². The molecule has 0 aliphatic carbocycles. The summed E-state index contributed by atoms with van der Waals surface area (Å²) in [7, 11) is 0. The van der Waals surface area contributed by atoms with Crippen molar-refractivity contribution in [3.05, 3.63) is 29.8 Å². The molecule has 1 rings (SSSR count). The number of hydrogen-bond donors (Lipinski definition) is 2. The van der Waals surface area contributed by atoms with E-state index in [4.69, 9.17) is 11.1 Å². The highest BCUT2D eigenvalue weighted by Gasteiger charge is 2.29. The summed E-state index contributed by atoms with van der Waals surface area (Å²) >= 11 is -0.220. The summed E-state index contributed by atoms with van der Waals surface area (Å²) in [4.78, 5) is 0.0326. The molecule has 0 radical (unpaired) electrons. The van der Waals surface area contributed by atoms with Gasteiger partial charge >= 0.3 is 5.51 Å². The van der Waals surface area contributed by atoms with Crippen LogP contribution < -0.4 is 5.73 Å². The van der Waals surface area contributed by atoms with E-state index in [2.05, 4.69) is 0 Å². The first kappa shape index (κ1) is 10.9. The largest absolute Gasteiger partial charge is 0.446 e. The Bertz CT molecular complexity index is 349. The third kappa shape index (κ3) is 3.29. The summed E-state index contributed by atoms with van der Waals surface area (Å²) in [6.45, 7) is 0. The molecule has 2 nitrogen and oxygen atoms in total. The number of nitrogens with two attached hydrogens (primary N) is 1. The van der Waals surface area contributed by atoms with E-state index in [0.717, 1.165) is 0 Å². The fraction of sp³-hybridized carbons (Fsp3) is 0.125. The molecule has 0 amide bonds. The highest BCUT2D eigenvalue weighted by molar-refractivity contribution is 8.00. The number of benzene rings is 1. The molecule has 1 aromatic rings. The van der Waals surface area contributed by atoms with Crippen molar-refractivity contribution in [2.24, 2.45) is 5.73 Å². The predicted octanol–water partition coefficient (Wildman–Crippen LogP) is 2.58. The fourth-order valence-electron chi connectivity index (χ4n) is 0.861. The molecule has 0 unspecified atom stereocenters. The van der Waals surface area contributed by atoms with Crippen LogP contribution in [-0.2, 0) is 0 Å². The Kier molecular flexibility index (Phi) is 3.05. The van der Waals surface area contributed by atoms with Crippen LogP contribution in [0, 0.1) is 5.41 Å². The van der Waals surface area contributed by atoms with E-state index in [1.165, 1.54) is 24.3 Å². The number of hydrogen-bond acceptors (Lipinski definition) is 2. The Morgan fingerprint density at radius 3 is 2.50 bits per heavy atom. The lowest BCUT2D eigenvalue weighted by Gasteiger charge is -2.06. The summed E-state index contributed by atoms with van der Waals surface area (Å²) in [6, 6.07) is 5.48. The van der Waals surface area contributed by atoms with Crippen molar-refractivity contribution < 1.29 is 13.2 Å². The molecule has 0 bridgehead atoms. The van der Waals surface area contributed by atoms with Gasteiger partial charge in [0.05, 0.1) is 0 Å². The van der Waals surface area contributed by atoms with Crippen molar-refractivity contribution in [1.82, 2.24) is 0 Å². The normalized spacial score (nSPS) is 11.4. The Hall–Kier alpha value is -1.17. The van der Waals surface area contributed by atoms with Crippen molar-refractivity contribution in [2.75, 3.05) is 0 Å². The molecule has 0 fully saturated rings. The van der Waals surface area contributed by atoms with Gasteiger partial charge < -0.3 is 5.73 Å². The van der Waals surface area contributed by atoms with Crippen molar-refractivity contribution in [1.29, 1.82) is 5.41 Å². The van der Waals surface area contributed by atoms with Gasteiger partial charge in [0.1, 0.15) is 5.84 Å². The van der Waals surface area contributed by atoms with Crippen LogP contribution in [0.15, 0.2) is 29.2 Å². The van der Waals surface area contributed by atoms with Gasteiger partial charge in [-0.15, -0.1) is 0 Å². The minimum atomic E-state index is -4.31. The second-order valence-corrected chi connectivity index (χ2v) is 3.63. The minimum Gasteiger partial charge on any atom is -0.384 e. The van der Waals surface area contributed by atoms with Gasteiger partial charge in [0.25, 0.3) is 0 Å². The van der Waals surface area contributed by atoms with E-state index in [9.17, 15) is 13.2 Å². The third-order valence-electron chi connectivity index (χ3n) is 1.38. The lowest BCUT2D eigenvalue weighted by molar-refractivity contribution is -0.0328. The van der Waals surface area contributed by atoms with Gasteiger partial charge in [-0.2, -0.15) is 13.2 Å². The smallest absolute Gasteiger partial charge is 0.384 e. The molecule has 0 saturated heterocycles. The minimum absolute atomic E-state index is 0.0326. The van der Waals surface area contributed by atoms with E-state index in [1.807, 2.05) is 0 Å². The summed E-state index contributed by atoms with van der Waals surface area (Å²) in [5, 5.41) is 7.05. The molecule has 0 aliphatic heterocycles. The highest BCUT2D eigenvalue weighted by Crippen LogP contribution is 2.36. The van der Waals surface area contributed by atoms with Gasteiger partial charge in [-0.25, -0.2) is 0 Å².